The lowest BCUT2D eigenvalue weighted by molar-refractivity contribution is 0.0749. The van der Waals surface area contributed by atoms with Gasteiger partial charge in [-0.05, 0) is 12.1 Å². The second kappa shape index (κ2) is 5.35. The first-order chi connectivity index (χ1) is 8.63. The SMILES string of the molecule is O=C(c1c(F)cccc1Cl)N1CCC(=NO)CC1. The predicted molar refractivity (Wildman–Crippen MR) is 65.8 cm³/mol. The summed E-state index contributed by atoms with van der Waals surface area (Å²) in [5.74, 6) is -1.04. The molecule has 1 N–H and O–H groups in total. The molecule has 0 aromatic heterocycles. The Hall–Kier alpha value is -1.62. The number of carbonyl (C=O) groups excluding carboxylic acids is 1. The first-order valence-electron chi connectivity index (χ1n) is 5.56. The molecular formula is C12H12ClFN2O2. The second-order valence-electron chi connectivity index (χ2n) is 4.06. The summed E-state index contributed by atoms with van der Waals surface area (Å²) in [7, 11) is 0. The molecule has 0 spiro atoms. The summed E-state index contributed by atoms with van der Waals surface area (Å²) in [4.78, 5) is 13.6. The van der Waals surface area contributed by atoms with Crippen molar-refractivity contribution in [2.75, 3.05) is 13.1 Å². The third kappa shape index (κ3) is 2.46. The minimum absolute atomic E-state index is 0.0939. The average Bonchev–Trinajstić information content (AvgIpc) is 2.38. The van der Waals surface area contributed by atoms with E-state index in [4.69, 9.17) is 16.8 Å². The smallest absolute Gasteiger partial charge is 0.258 e. The number of likely N-dealkylation sites (tertiary alicyclic amines) is 1. The van der Waals surface area contributed by atoms with Gasteiger partial charge in [-0.3, -0.25) is 4.79 Å². The molecule has 1 aromatic rings. The van der Waals surface area contributed by atoms with Gasteiger partial charge in [-0.15, -0.1) is 0 Å². The lowest BCUT2D eigenvalue weighted by Gasteiger charge is -2.27. The molecule has 96 valence electrons. The number of rotatable bonds is 1. The Morgan fingerprint density at radius 2 is 2.06 bits per heavy atom. The molecule has 1 aliphatic heterocycles. The van der Waals surface area contributed by atoms with E-state index < -0.39 is 11.7 Å². The Kier molecular flexibility index (Phi) is 3.81. The first kappa shape index (κ1) is 12.8. The molecule has 1 heterocycles. The molecule has 1 saturated heterocycles. The van der Waals surface area contributed by atoms with E-state index in [-0.39, 0.29) is 10.6 Å². The van der Waals surface area contributed by atoms with Gasteiger partial charge in [-0.2, -0.15) is 0 Å². The summed E-state index contributed by atoms with van der Waals surface area (Å²) in [6.07, 6.45) is 0.989. The molecule has 0 radical (unpaired) electrons. The summed E-state index contributed by atoms with van der Waals surface area (Å²) < 4.78 is 13.6. The maximum atomic E-state index is 13.6. The minimum Gasteiger partial charge on any atom is -0.411 e. The van der Waals surface area contributed by atoms with Crippen LogP contribution in [0.3, 0.4) is 0 Å². The number of oxime groups is 1. The number of piperidine rings is 1. The van der Waals surface area contributed by atoms with Crippen molar-refractivity contribution >= 4 is 23.2 Å². The van der Waals surface area contributed by atoms with Crippen molar-refractivity contribution in [2.45, 2.75) is 12.8 Å². The molecule has 0 bridgehead atoms. The molecule has 0 atom stereocenters. The molecule has 0 unspecified atom stereocenters. The summed E-state index contributed by atoms with van der Waals surface area (Å²) in [6, 6.07) is 4.16. The predicted octanol–water partition coefficient (Wildman–Crippen LogP) is 2.55. The van der Waals surface area contributed by atoms with Crippen molar-refractivity contribution in [1.29, 1.82) is 0 Å². The van der Waals surface area contributed by atoms with Crippen molar-refractivity contribution in [1.82, 2.24) is 4.90 Å². The van der Waals surface area contributed by atoms with Gasteiger partial charge in [0, 0.05) is 25.9 Å². The van der Waals surface area contributed by atoms with Crippen molar-refractivity contribution < 1.29 is 14.4 Å². The van der Waals surface area contributed by atoms with Gasteiger partial charge in [0.1, 0.15) is 5.82 Å². The standard InChI is InChI=1S/C12H12ClFN2O2/c13-9-2-1-3-10(14)11(9)12(17)16-6-4-8(15-18)5-7-16/h1-3,18H,4-7H2. The molecule has 1 aliphatic rings. The summed E-state index contributed by atoms with van der Waals surface area (Å²) >= 11 is 5.85. The van der Waals surface area contributed by atoms with Crippen LogP contribution < -0.4 is 0 Å². The van der Waals surface area contributed by atoms with E-state index in [2.05, 4.69) is 5.16 Å². The normalized spacial score (nSPS) is 15.7. The number of benzene rings is 1. The van der Waals surface area contributed by atoms with E-state index in [1.54, 1.807) is 0 Å². The lowest BCUT2D eigenvalue weighted by Crippen LogP contribution is -2.39. The Labute approximate surface area is 109 Å². The van der Waals surface area contributed by atoms with Crippen LogP contribution in [-0.2, 0) is 0 Å². The molecule has 1 fully saturated rings. The number of hydrogen-bond donors (Lipinski definition) is 1. The van der Waals surface area contributed by atoms with Crippen molar-refractivity contribution in [3.05, 3.63) is 34.6 Å². The van der Waals surface area contributed by atoms with Gasteiger partial charge in [-0.25, -0.2) is 4.39 Å². The van der Waals surface area contributed by atoms with Gasteiger partial charge >= 0.3 is 0 Å². The zero-order chi connectivity index (χ0) is 13.1. The average molecular weight is 271 g/mol. The van der Waals surface area contributed by atoms with Crippen molar-refractivity contribution in [3.63, 3.8) is 0 Å². The maximum absolute atomic E-state index is 13.6. The van der Waals surface area contributed by atoms with Gasteiger partial charge < -0.3 is 10.1 Å². The Morgan fingerprint density at radius 3 is 2.61 bits per heavy atom. The Balaban J connectivity index is 2.18. The van der Waals surface area contributed by atoms with Crippen LogP contribution in [0.2, 0.25) is 5.02 Å². The summed E-state index contributed by atoms with van der Waals surface area (Å²) in [5.41, 5.74) is 0.558. The highest BCUT2D eigenvalue weighted by molar-refractivity contribution is 6.33. The van der Waals surface area contributed by atoms with Gasteiger partial charge in [0.25, 0.3) is 5.91 Å². The van der Waals surface area contributed by atoms with E-state index >= 15 is 0 Å². The zero-order valence-electron chi connectivity index (χ0n) is 9.57. The van der Waals surface area contributed by atoms with Gasteiger partial charge in [0.2, 0.25) is 0 Å². The minimum atomic E-state index is -0.617. The van der Waals surface area contributed by atoms with Crippen LogP contribution in [0.5, 0.6) is 0 Å². The van der Waals surface area contributed by atoms with Crippen LogP contribution >= 0.6 is 11.6 Å². The Morgan fingerprint density at radius 1 is 1.39 bits per heavy atom. The molecule has 0 aliphatic carbocycles. The number of carbonyl (C=O) groups is 1. The van der Waals surface area contributed by atoms with Crippen LogP contribution in [0.25, 0.3) is 0 Å². The molecule has 18 heavy (non-hydrogen) atoms. The first-order valence-corrected chi connectivity index (χ1v) is 5.94. The van der Waals surface area contributed by atoms with Crippen LogP contribution in [0.1, 0.15) is 23.2 Å². The van der Waals surface area contributed by atoms with Crippen molar-refractivity contribution in [2.24, 2.45) is 5.16 Å². The number of hydrogen-bond acceptors (Lipinski definition) is 3. The van der Waals surface area contributed by atoms with Crippen LogP contribution in [-0.4, -0.2) is 34.8 Å². The monoisotopic (exact) mass is 270 g/mol. The lowest BCUT2D eigenvalue weighted by atomic mass is 10.1. The Bertz CT molecular complexity index is 475. The molecule has 6 heteroatoms. The molecule has 2 rings (SSSR count). The molecule has 0 saturated carbocycles. The summed E-state index contributed by atoms with van der Waals surface area (Å²) in [5, 5.41) is 11.9. The van der Waals surface area contributed by atoms with Crippen molar-refractivity contribution in [3.8, 4) is 0 Å². The largest absolute Gasteiger partial charge is 0.411 e. The number of amides is 1. The van der Waals surface area contributed by atoms with Gasteiger partial charge in [0.15, 0.2) is 0 Å². The second-order valence-corrected chi connectivity index (χ2v) is 4.46. The zero-order valence-corrected chi connectivity index (χ0v) is 10.3. The van der Waals surface area contributed by atoms with Gasteiger partial charge in [0.05, 0.1) is 16.3 Å². The van der Waals surface area contributed by atoms with E-state index in [1.807, 2.05) is 0 Å². The highest BCUT2D eigenvalue weighted by Gasteiger charge is 2.25. The number of halogens is 2. The van der Waals surface area contributed by atoms with Crippen LogP contribution in [0, 0.1) is 5.82 Å². The quantitative estimate of drug-likeness (QED) is 0.630. The van der Waals surface area contributed by atoms with Gasteiger partial charge in [-0.1, -0.05) is 22.8 Å². The van der Waals surface area contributed by atoms with Crippen LogP contribution in [0.15, 0.2) is 23.4 Å². The van der Waals surface area contributed by atoms with E-state index in [0.29, 0.717) is 31.6 Å². The highest BCUT2D eigenvalue weighted by atomic mass is 35.5. The molecular weight excluding hydrogens is 259 g/mol. The fourth-order valence-corrected chi connectivity index (χ4v) is 2.17. The maximum Gasteiger partial charge on any atom is 0.258 e. The molecule has 1 aromatic carbocycles. The van der Waals surface area contributed by atoms with E-state index in [9.17, 15) is 9.18 Å². The fraction of sp³-hybridized carbons (Fsp3) is 0.333. The highest BCUT2D eigenvalue weighted by Crippen LogP contribution is 2.22. The summed E-state index contributed by atoms with van der Waals surface area (Å²) in [6.45, 7) is 0.811. The van der Waals surface area contributed by atoms with E-state index in [0.717, 1.165) is 0 Å². The third-order valence-corrected chi connectivity index (χ3v) is 3.26. The fourth-order valence-electron chi connectivity index (χ4n) is 1.93. The topological polar surface area (TPSA) is 52.9 Å². The molecule has 4 nitrogen and oxygen atoms in total. The third-order valence-electron chi connectivity index (χ3n) is 2.95. The van der Waals surface area contributed by atoms with E-state index in [1.165, 1.54) is 23.1 Å². The number of nitrogens with zero attached hydrogens (tertiary/aromatic N) is 2. The van der Waals surface area contributed by atoms with Crippen LogP contribution in [0.4, 0.5) is 4.39 Å². The molecule has 1 amide bonds.